The van der Waals surface area contributed by atoms with E-state index in [9.17, 15) is 9.59 Å². The van der Waals surface area contributed by atoms with E-state index in [-0.39, 0.29) is 5.78 Å². The van der Waals surface area contributed by atoms with Gasteiger partial charge in [0, 0.05) is 5.56 Å². The van der Waals surface area contributed by atoms with Crippen molar-refractivity contribution in [2.75, 3.05) is 7.11 Å². The number of benzene rings is 1. The minimum atomic E-state index is -0.694. The minimum absolute atomic E-state index is 0.0503. The van der Waals surface area contributed by atoms with Crippen LogP contribution >= 0.6 is 0 Å². The summed E-state index contributed by atoms with van der Waals surface area (Å²) in [4.78, 5) is 23.6. The van der Waals surface area contributed by atoms with Crippen LogP contribution in [0.5, 0.6) is 5.75 Å². The Bertz CT molecular complexity index is 572. The molecule has 0 saturated carbocycles. The van der Waals surface area contributed by atoms with E-state index < -0.39 is 12.1 Å². The molecular formula is C17H22O4. The van der Waals surface area contributed by atoms with Gasteiger partial charge in [0.15, 0.2) is 11.9 Å². The predicted molar refractivity (Wildman–Crippen MR) is 81.8 cm³/mol. The minimum Gasteiger partial charge on any atom is -0.479 e. The lowest BCUT2D eigenvalue weighted by molar-refractivity contribution is -0.147. The SMILES string of the molecule is C=C(CC)C(=O)c1ccc(OC(C)C(=O)OC)c(C)c1C. The van der Waals surface area contributed by atoms with E-state index in [0.29, 0.717) is 23.3 Å². The Morgan fingerprint density at radius 3 is 2.38 bits per heavy atom. The molecule has 0 heterocycles. The van der Waals surface area contributed by atoms with Crippen LogP contribution in [0, 0.1) is 13.8 Å². The van der Waals surface area contributed by atoms with Crippen LogP contribution in [0.3, 0.4) is 0 Å². The second kappa shape index (κ2) is 7.07. The average Bonchev–Trinajstić information content (AvgIpc) is 2.49. The molecule has 114 valence electrons. The van der Waals surface area contributed by atoms with Crippen LogP contribution in [0.2, 0.25) is 0 Å². The van der Waals surface area contributed by atoms with Crippen LogP contribution in [-0.2, 0) is 9.53 Å². The van der Waals surface area contributed by atoms with Crippen LogP contribution in [0.1, 0.15) is 41.8 Å². The van der Waals surface area contributed by atoms with Gasteiger partial charge in [-0.15, -0.1) is 0 Å². The van der Waals surface area contributed by atoms with E-state index in [0.717, 1.165) is 11.1 Å². The first-order valence-corrected chi connectivity index (χ1v) is 6.90. The van der Waals surface area contributed by atoms with Gasteiger partial charge < -0.3 is 9.47 Å². The van der Waals surface area contributed by atoms with Crippen molar-refractivity contribution in [3.05, 3.63) is 41.0 Å². The maximum absolute atomic E-state index is 12.2. The maximum atomic E-state index is 12.2. The van der Waals surface area contributed by atoms with Crippen molar-refractivity contribution in [2.45, 2.75) is 40.2 Å². The molecule has 0 aromatic heterocycles. The fraction of sp³-hybridized carbons (Fsp3) is 0.412. The lowest BCUT2D eigenvalue weighted by Gasteiger charge is -2.17. The van der Waals surface area contributed by atoms with Crippen molar-refractivity contribution < 1.29 is 19.1 Å². The molecule has 4 nitrogen and oxygen atoms in total. The first-order chi connectivity index (χ1) is 9.83. The molecule has 0 bridgehead atoms. The Hall–Kier alpha value is -2.10. The number of Topliss-reactive ketones (excluding diaryl/α,β-unsaturated/α-hetero) is 1. The summed E-state index contributed by atoms with van der Waals surface area (Å²) >= 11 is 0. The number of hydrogen-bond acceptors (Lipinski definition) is 4. The molecule has 0 fully saturated rings. The third-order valence-electron chi connectivity index (χ3n) is 3.57. The number of rotatable bonds is 6. The van der Waals surface area contributed by atoms with Gasteiger partial charge in [-0.3, -0.25) is 4.79 Å². The van der Waals surface area contributed by atoms with Gasteiger partial charge in [0.2, 0.25) is 0 Å². The smallest absolute Gasteiger partial charge is 0.346 e. The Morgan fingerprint density at radius 2 is 1.86 bits per heavy atom. The lowest BCUT2D eigenvalue weighted by Crippen LogP contribution is -2.25. The zero-order valence-electron chi connectivity index (χ0n) is 13.3. The summed E-state index contributed by atoms with van der Waals surface area (Å²) in [5.41, 5.74) is 2.87. The van der Waals surface area contributed by atoms with Gasteiger partial charge in [0.05, 0.1) is 7.11 Å². The number of allylic oxidation sites excluding steroid dienone is 1. The highest BCUT2D eigenvalue weighted by molar-refractivity contribution is 6.09. The van der Waals surface area contributed by atoms with Crippen LogP contribution in [0.4, 0.5) is 0 Å². The van der Waals surface area contributed by atoms with Gasteiger partial charge in [0.1, 0.15) is 5.75 Å². The molecule has 1 atom stereocenters. The monoisotopic (exact) mass is 290 g/mol. The van der Waals surface area contributed by atoms with Crippen LogP contribution in [0.15, 0.2) is 24.3 Å². The average molecular weight is 290 g/mol. The molecule has 1 aromatic rings. The van der Waals surface area contributed by atoms with E-state index in [2.05, 4.69) is 11.3 Å². The summed E-state index contributed by atoms with van der Waals surface area (Å²) in [6.45, 7) is 11.0. The third kappa shape index (κ3) is 3.72. The quantitative estimate of drug-likeness (QED) is 0.458. The molecule has 0 aliphatic heterocycles. The highest BCUT2D eigenvalue weighted by Gasteiger charge is 2.19. The van der Waals surface area contributed by atoms with Crippen molar-refractivity contribution in [1.29, 1.82) is 0 Å². The molecule has 0 aliphatic rings. The molecule has 21 heavy (non-hydrogen) atoms. The predicted octanol–water partition coefficient (Wildman–Crippen LogP) is 3.39. The summed E-state index contributed by atoms with van der Waals surface area (Å²) in [6, 6.07) is 3.42. The highest BCUT2D eigenvalue weighted by Crippen LogP contribution is 2.27. The summed E-state index contributed by atoms with van der Waals surface area (Å²) in [6.07, 6.45) is -0.0742. The van der Waals surface area contributed by atoms with Crippen LogP contribution < -0.4 is 4.74 Å². The fourth-order valence-electron chi connectivity index (χ4n) is 1.93. The Kier molecular flexibility index (Phi) is 5.70. The third-order valence-corrected chi connectivity index (χ3v) is 3.57. The summed E-state index contributed by atoms with van der Waals surface area (Å²) in [5.74, 6) is 0.0845. The molecule has 0 N–H and O–H groups in total. The topological polar surface area (TPSA) is 52.6 Å². The molecule has 1 aromatic carbocycles. The first kappa shape index (κ1) is 17.0. The number of ether oxygens (including phenoxy) is 2. The standard InChI is InChI=1S/C17H22O4/c1-7-10(2)16(18)14-8-9-15(12(4)11(14)3)21-13(5)17(19)20-6/h8-9,13H,2,7H2,1,3-6H3. The zero-order chi connectivity index (χ0) is 16.2. The molecule has 4 heteroatoms. The molecular weight excluding hydrogens is 268 g/mol. The van der Waals surface area contributed by atoms with Crippen molar-refractivity contribution in [1.82, 2.24) is 0 Å². The molecule has 1 rings (SSSR count). The Balaban J connectivity index is 3.08. The van der Waals surface area contributed by atoms with E-state index in [1.165, 1.54) is 7.11 Å². The Labute approximate surface area is 125 Å². The molecule has 0 amide bonds. The Morgan fingerprint density at radius 1 is 1.24 bits per heavy atom. The van der Waals surface area contributed by atoms with E-state index in [1.54, 1.807) is 19.1 Å². The van der Waals surface area contributed by atoms with E-state index in [4.69, 9.17) is 4.74 Å². The van der Waals surface area contributed by atoms with Crippen molar-refractivity contribution >= 4 is 11.8 Å². The number of carbonyl (C=O) groups excluding carboxylic acids is 2. The first-order valence-electron chi connectivity index (χ1n) is 6.90. The number of ketones is 1. The van der Waals surface area contributed by atoms with Gasteiger partial charge in [0.25, 0.3) is 0 Å². The van der Waals surface area contributed by atoms with Crippen molar-refractivity contribution in [3.8, 4) is 5.75 Å². The van der Waals surface area contributed by atoms with Gasteiger partial charge in [-0.05, 0) is 56.0 Å². The summed E-state index contributed by atoms with van der Waals surface area (Å²) in [7, 11) is 1.32. The van der Waals surface area contributed by atoms with Crippen LogP contribution in [-0.4, -0.2) is 25.0 Å². The normalized spacial score (nSPS) is 11.7. The van der Waals surface area contributed by atoms with E-state index in [1.807, 2.05) is 20.8 Å². The van der Waals surface area contributed by atoms with Gasteiger partial charge in [-0.2, -0.15) is 0 Å². The second-order valence-corrected chi connectivity index (χ2v) is 4.93. The number of methoxy groups -OCH3 is 1. The lowest BCUT2D eigenvalue weighted by atomic mass is 9.95. The maximum Gasteiger partial charge on any atom is 0.346 e. The van der Waals surface area contributed by atoms with Gasteiger partial charge >= 0.3 is 5.97 Å². The highest BCUT2D eigenvalue weighted by atomic mass is 16.6. The summed E-state index contributed by atoms with van der Waals surface area (Å²) in [5, 5.41) is 0. The van der Waals surface area contributed by atoms with Gasteiger partial charge in [-0.25, -0.2) is 4.79 Å². The molecule has 0 spiro atoms. The molecule has 1 unspecified atom stereocenters. The molecule has 0 aliphatic carbocycles. The van der Waals surface area contributed by atoms with Crippen molar-refractivity contribution in [3.63, 3.8) is 0 Å². The second-order valence-electron chi connectivity index (χ2n) is 4.93. The molecule has 0 radical (unpaired) electrons. The summed E-state index contributed by atoms with van der Waals surface area (Å²) < 4.78 is 10.2. The van der Waals surface area contributed by atoms with Crippen molar-refractivity contribution in [2.24, 2.45) is 0 Å². The number of hydrogen-bond donors (Lipinski definition) is 0. The van der Waals surface area contributed by atoms with Gasteiger partial charge in [-0.1, -0.05) is 13.5 Å². The zero-order valence-corrected chi connectivity index (χ0v) is 13.3. The van der Waals surface area contributed by atoms with Crippen LogP contribution in [0.25, 0.3) is 0 Å². The van der Waals surface area contributed by atoms with E-state index >= 15 is 0 Å². The fourth-order valence-corrected chi connectivity index (χ4v) is 1.93. The number of esters is 1. The number of carbonyl (C=O) groups is 2. The molecule has 0 saturated heterocycles. The largest absolute Gasteiger partial charge is 0.479 e.